The maximum atomic E-state index is 13.0. The number of ether oxygens (including phenoxy) is 1. The number of nitrogens with one attached hydrogen (secondary N) is 1. The van der Waals surface area contributed by atoms with Gasteiger partial charge in [-0.05, 0) is 29.8 Å². The Bertz CT molecular complexity index is 762. The van der Waals surface area contributed by atoms with Gasteiger partial charge in [0, 0.05) is 5.56 Å². The molecule has 0 atom stereocenters. The van der Waals surface area contributed by atoms with Crippen LogP contribution in [0.4, 0.5) is 4.39 Å². The van der Waals surface area contributed by atoms with Crippen LogP contribution in [0.25, 0.3) is 0 Å². The van der Waals surface area contributed by atoms with Crippen molar-refractivity contribution in [3.05, 3.63) is 77.1 Å². The average Bonchev–Trinajstić information content (AvgIpc) is 3.07. The Balaban J connectivity index is 1.54. The first-order valence-electron chi connectivity index (χ1n) is 6.95. The van der Waals surface area contributed by atoms with Crippen LogP contribution in [0.3, 0.4) is 0 Å². The molecule has 0 saturated carbocycles. The molecule has 0 spiro atoms. The lowest BCUT2D eigenvalue weighted by Gasteiger charge is -2.09. The van der Waals surface area contributed by atoms with E-state index in [1.54, 1.807) is 23.4 Å². The zero-order valence-electron chi connectivity index (χ0n) is 12.1. The van der Waals surface area contributed by atoms with E-state index in [1.807, 2.05) is 24.3 Å². The third-order valence-electron chi connectivity index (χ3n) is 3.22. The molecule has 1 aromatic heterocycles. The summed E-state index contributed by atoms with van der Waals surface area (Å²) in [7, 11) is 0. The number of nitrogens with zero attached hydrogens (tertiary/aromatic N) is 3. The highest BCUT2D eigenvalue weighted by Gasteiger charge is 2.03. The molecule has 2 aromatic carbocycles. The molecule has 23 heavy (non-hydrogen) atoms. The average molecular weight is 333 g/mol. The van der Waals surface area contributed by atoms with Crippen molar-refractivity contribution in [2.75, 3.05) is 5.43 Å². The summed E-state index contributed by atoms with van der Waals surface area (Å²) in [5.74, 6) is 0.363. The van der Waals surface area contributed by atoms with Crippen molar-refractivity contribution in [3.8, 4) is 5.75 Å². The predicted molar refractivity (Wildman–Crippen MR) is 85.3 cm³/mol. The molecule has 0 aliphatic rings. The normalized spacial score (nSPS) is 10.5. The maximum absolute atomic E-state index is 13.0. The van der Waals surface area contributed by atoms with Crippen LogP contribution in [0.1, 0.15) is 11.1 Å². The van der Waals surface area contributed by atoms with E-state index in [0.29, 0.717) is 11.6 Å². The van der Waals surface area contributed by atoms with Crippen LogP contribution in [-0.4, -0.2) is 14.9 Å². The van der Waals surface area contributed by atoms with E-state index < -0.39 is 0 Å². The van der Waals surface area contributed by atoms with Crippen LogP contribution < -0.4 is 10.2 Å². The molecular formula is C16H14ClFN4O. The molecule has 0 aliphatic heterocycles. The molecular weight excluding hydrogens is 319 g/mol. The van der Waals surface area contributed by atoms with E-state index in [1.165, 1.54) is 12.1 Å². The number of hydrogen-bond donors (Lipinski definition) is 1. The second kappa shape index (κ2) is 7.11. The van der Waals surface area contributed by atoms with Gasteiger partial charge < -0.3 is 10.2 Å². The van der Waals surface area contributed by atoms with Gasteiger partial charge in [0.25, 0.3) is 0 Å². The minimum Gasteiger partial charge on any atom is -0.489 e. The Morgan fingerprint density at radius 1 is 1.09 bits per heavy atom. The second-order valence-electron chi connectivity index (χ2n) is 4.87. The van der Waals surface area contributed by atoms with Crippen LogP contribution in [0.5, 0.6) is 5.75 Å². The van der Waals surface area contributed by atoms with Gasteiger partial charge in [0.15, 0.2) is 0 Å². The third kappa shape index (κ3) is 4.20. The fraction of sp³-hybridized carbons (Fsp3) is 0.125. The number of aromatic nitrogens is 3. The van der Waals surface area contributed by atoms with Crippen LogP contribution in [0.2, 0.25) is 5.02 Å². The molecule has 3 rings (SSSR count). The largest absolute Gasteiger partial charge is 0.489 e. The summed E-state index contributed by atoms with van der Waals surface area (Å²) in [5, 5.41) is 7.78. The standard InChI is InChI=1S/C16H14ClFN4O/c17-16-7-14(18)4-3-13(16)9-23-15-5-1-12(2-6-15)8-21-22-10-19-20-11-22/h1-7,10-11,21H,8-9H2. The second-order valence-corrected chi connectivity index (χ2v) is 5.28. The molecule has 3 aromatic rings. The molecule has 0 amide bonds. The van der Waals surface area contributed by atoms with Gasteiger partial charge in [-0.25, -0.2) is 9.07 Å². The summed E-state index contributed by atoms with van der Waals surface area (Å²) in [6.07, 6.45) is 3.17. The van der Waals surface area contributed by atoms with Gasteiger partial charge in [0.2, 0.25) is 0 Å². The molecule has 0 bridgehead atoms. The van der Waals surface area contributed by atoms with Gasteiger partial charge >= 0.3 is 0 Å². The molecule has 0 fully saturated rings. The van der Waals surface area contributed by atoms with Crippen molar-refractivity contribution in [2.45, 2.75) is 13.2 Å². The van der Waals surface area contributed by atoms with E-state index in [0.717, 1.165) is 16.9 Å². The monoisotopic (exact) mass is 332 g/mol. The zero-order chi connectivity index (χ0) is 16.1. The van der Waals surface area contributed by atoms with E-state index in [4.69, 9.17) is 16.3 Å². The molecule has 7 heteroatoms. The van der Waals surface area contributed by atoms with Crippen molar-refractivity contribution in [3.63, 3.8) is 0 Å². The van der Waals surface area contributed by atoms with Crippen LogP contribution in [0.15, 0.2) is 55.1 Å². The highest BCUT2D eigenvalue weighted by molar-refractivity contribution is 6.31. The van der Waals surface area contributed by atoms with Crippen LogP contribution in [0, 0.1) is 5.82 Å². The smallest absolute Gasteiger partial charge is 0.138 e. The number of hydrogen-bond acceptors (Lipinski definition) is 4. The number of benzene rings is 2. The van der Waals surface area contributed by atoms with Gasteiger partial charge in [-0.15, -0.1) is 10.2 Å². The first kappa shape index (κ1) is 15.3. The summed E-state index contributed by atoms with van der Waals surface area (Å²) in [5.41, 5.74) is 4.96. The van der Waals surface area contributed by atoms with E-state index in [-0.39, 0.29) is 12.4 Å². The van der Waals surface area contributed by atoms with Crippen molar-refractivity contribution >= 4 is 11.6 Å². The maximum Gasteiger partial charge on any atom is 0.138 e. The number of rotatable bonds is 6. The molecule has 5 nitrogen and oxygen atoms in total. The fourth-order valence-corrected chi connectivity index (χ4v) is 2.19. The Morgan fingerprint density at radius 3 is 2.52 bits per heavy atom. The molecule has 118 valence electrons. The minimum absolute atomic E-state index is 0.289. The summed E-state index contributed by atoms with van der Waals surface area (Å²) in [6, 6.07) is 11.9. The summed E-state index contributed by atoms with van der Waals surface area (Å²) < 4.78 is 20.3. The van der Waals surface area contributed by atoms with Crippen molar-refractivity contribution in [1.82, 2.24) is 14.9 Å². The lowest BCUT2D eigenvalue weighted by atomic mass is 10.2. The molecule has 0 unspecified atom stereocenters. The minimum atomic E-state index is -0.358. The molecule has 1 N–H and O–H groups in total. The molecule has 0 radical (unpaired) electrons. The zero-order valence-corrected chi connectivity index (χ0v) is 12.9. The van der Waals surface area contributed by atoms with Crippen molar-refractivity contribution in [2.24, 2.45) is 0 Å². The third-order valence-corrected chi connectivity index (χ3v) is 3.57. The predicted octanol–water partition coefficient (Wildman–Crippen LogP) is 3.39. The lowest BCUT2D eigenvalue weighted by Crippen LogP contribution is -2.11. The Hall–Kier alpha value is -2.60. The first-order chi connectivity index (χ1) is 11.2. The first-order valence-corrected chi connectivity index (χ1v) is 7.33. The van der Waals surface area contributed by atoms with E-state index in [9.17, 15) is 4.39 Å². The van der Waals surface area contributed by atoms with E-state index in [2.05, 4.69) is 15.6 Å². The Kier molecular flexibility index (Phi) is 4.73. The Morgan fingerprint density at radius 2 is 1.83 bits per heavy atom. The summed E-state index contributed by atoms with van der Waals surface area (Å²) >= 11 is 5.97. The SMILES string of the molecule is Fc1ccc(COc2ccc(CNn3cnnc3)cc2)c(Cl)c1. The fourth-order valence-electron chi connectivity index (χ4n) is 1.97. The van der Waals surface area contributed by atoms with E-state index >= 15 is 0 Å². The van der Waals surface area contributed by atoms with Crippen LogP contribution in [-0.2, 0) is 13.2 Å². The molecule has 0 saturated heterocycles. The highest BCUT2D eigenvalue weighted by atomic mass is 35.5. The summed E-state index contributed by atoms with van der Waals surface area (Å²) in [6.45, 7) is 0.930. The quantitative estimate of drug-likeness (QED) is 0.751. The van der Waals surface area contributed by atoms with Crippen molar-refractivity contribution < 1.29 is 9.13 Å². The summed E-state index contributed by atoms with van der Waals surface area (Å²) in [4.78, 5) is 0. The van der Waals surface area contributed by atoms with Gasteiger partial charge in [0.1, 0.15) is 30.8 Å². The topological polar surface area (TPSA) is 52.0 Å². The molecule has 1 heterocycles. The Labute approximate surface area is 137 Å². The van der Waals surface area contributed by atoms with Gasteiger partial charge in [-0.2, -0.15) is 0 Å². The van der Waals surface area contributed by atoms with Gasteiger partial charge in [-0.1, -0.05) is 29.8 Å². The molecule has 0 aliphatic carbocycles. The van der Waals surface area contributed by atoms with Crippen molar-refractivity contribution in [1.29, 1.82) is 0 Å². The van der Waals surface area contributed by atoms with Gasteiger partial charge in [0.05, 0.1) is 11.6 Å². The van der Waals surface area contributed by atoms with Crippen LogP contribution >= 0.6 is 11.6 Å². The highest BCUT2D eigenvalue weighted by Crippen LogP contribution is 2.20. The number of halogens is 2. The lowest BCUT2D eigenvalue weighted by molar-refractivity contribution is 0.306. The van der Waals surface area contributed by atoms with Gasteiger partial charge in [-0.3, -0.25) is 0 Å².